The van der Waals surface area contributed by atoms with Crippen LogP contribution in [0.15, 0.2) is 47.2 Å². The number of rotatable bonds is 5. The van der Waals surface area contributed by atoms with Gasteiger partial charge in [0.15, 0.2) is 11.4 Å². The van der Waals surface area contributed by atoms with Gasteiger partial charge in [0.2, 0.25) is 0 Å². The Morgan fingerprint density at radius 2 is 2.03 bits per heavy atom. The van der Waals surface area contributed by atoms with Crippen LogP contribution in [0.5, 0.6) is 0 Å². The average Bonchev–Trinajstić information content (AvgIpc) is 3.46. The summed E-state index contributed by atoms with van der Waals surface area (Å²) in [4.78, 5) is 25.0. The molecule has 0 atom stereocenters. The molecule has 164 valence electrons. The number of carbonyl (C=O) groups excluding carboxylic acids is 1. The first-order chi connectivity index (χ1) is 15.6. The number of aryl methyl sites for hydroxylation is 2. The Balaban J connectivity index is 1.46. The summed E-state index contributed by atoms with van der Waals surface area (Å²) in [6.45, 7) is 4.30. The van der Waals surface area contributed by atoms with Crippen molar-refractivity contribution in [3.8, 4) is 11.5 Å². The number of pyridine rings is 2. The van der Waals surface area contributed by atoms with Gasteiger partial charge in [-0.05, 0) is 50.5 Å². The maximum absolute atomic E-state index is 13.4. The molecule has 1 fully saturated rings. The molecule has 1 aliphatic rings. The number of hydrogen-bond acceptors (Lipinski definition) is 6. The number of fused-ring (bicyclic) bond motifs is 1. The second-order valence-corrected chi connectivity index (χ2v) is 8.16. The van der Waals surface area contributed by atoms with Crippen LogP contribution in [-0.4, -0.2) is 38.7 Å². The van der Waals surface area contributed by atoms with E-state index < -0.39 is 0 Å². The Bertz CT molecular complexity index is 1260. The van der Waals surface area contributed by atoms with Crippen molar-refractivity contribution >= 4 is 22.8 Å². The van der Waals surface area contributed by atoms with Crippen LogP contribution in [-0.2, 0) is 13.6 Å². The third-order valence-electron chi connectivity index (χ3n) is 5.95. The van der Waals surface area contributed by atoms with E-state index in [0.717, 1.165) is 35.6 Å². The third kappa shape index (κ3) is 3.72. The number of nitrogens with one attached hydrogen (secondary N) is 1. The van der Waals surface area contributed by atoms with Gasteiger partial charge in [-0.3, -0.25) is 9.48 Å². The zero-order valence-corrected chi connectivity index (χ0v) is 18.3. The van der Waals surface area contributed by atoms with Crippen molar-refractivity contribution in [1.29, 1.82) is 0 Å². The maximum atomic E-state index is 13.4. The summed E-state index contributed by atoms with van der Waals surface area (Å²) in [7, 11) is 1.83. The first-order valence-electron chi connectivity index (χ1n) is 11.0. The number of carbonyl (C=O) groups is 1. The van der Waals surface area contributed by atoms with E-state index in [1.807, 2.05) is 38.4 Å². The molecule has 1 amide bonds. The highest BCUT2D eigenvalue weighted by molar-refractivity contribution is 6.07. The molecule has 5 rings (SSSR count). The Morgan fingerprint density at radius 3 is 2.81 bits per heavy atom. The van der Waals surface area contributed by atoms with Gasteiger partial charge in [0.25, 0.3) is 5.91 Å². The van der Waals surface area contributed by atoms with E-state index in [2.05, 4.69) is 25.3 Å². The number of hydrogen-bond donors (Lipinski definition) is 1. The minimum atomic E-state index is -0.172. The van der Waals surface area contributed by atoms with E-state index in [-0.39, 0.29) is 5.91 Å². The van der Waals surface area contributed by atoms with Crippen molar-refractivity contribution in [1.82, 2.24) is 25.1 Å². The van der Waals surface area contributed by atoms with E-state index in [1.54, 1.807) is 23.1 Å². The van der Waals surface area contributed by atoms with E-state index in [1.165, 1.54) is 19.3 Å². The second kappa shape index (κ2) is 8.45. The van der Waals surface area contributed by atoms with Gasteiger partial charge in [0.05, 0.1) is 22.9 Å². The molecule has 0 aliphatic carbocycles. The molecule has 5 heterocycles. The molecule has 32 heavy (non-hydrogen) atoms. The van der Waals surface area contributed by atoms with Gasteiger partial charge in [-0.25, -0.2) is 9.97 Å². The van der Waals surface area contributed by atoms with Crippen LogP contribution in [0, 0.1) is 6.92 Å². The normalized spacial score (nSPS) is 14.1. The molecule has 0 aromatic carbocycles. The molecule has 0 unspecified atom stereocenters. The molecule has 1 saturated heterocycles. The largest absolute Gasteiger partial charge is 0.463 e. The van der Waals surface area contributed by atoms with Crippen LogP contribution >= 0.6 is 0 Å². The van der Waals surface area contributed by atoms with Gasteiger partial charge >= 0.3 is 0 Å². The second-order valence-electron chi connectivity index (χ2n) is 8.16. The molecular weight excluding hydrogens is 404 g/mol. The molecule has 1 N–H and O–H groups in total. The van der Waals surface area contributed by atoms with E-state index in [9.17, 15) is 4.79 Å². The smallest absolute Gasteiger partial charge is 0.252 e. The molecule has 8 heteroatoms. The quantitative estimate of drug-likeness (QED) is 0.517. The van der Waals surface area contributed by atoms with E-state index in [4.69, 9.17) is 4.42 Å². The highest BCUT2D eigenvalue weighted by Crippen LogP contribution is 2.27. The van der Waals surface area contributed by atoms with Crippen molar-refractivity contribution in [2.24, 2.45) is 7.05 Å². The first-order valence-corrected chi connectivity index (χ1v) is 11.0. The number of furan rings is 1. The number of aromatic nitrogens is 4. The Kier molecular flexibility index (Phi) is 5.34. The van der Waals surface area contributed by atoms with Gasteiger partial charge in [-0.1, -0.05) is 6.07 Å². The molecular formula is C24H26N6O2. The standard InChI is InChI=1S/C24H26N6O2/c1-16-21-18(14-19(20-9-7-13-32-20)27-23(21)29(2)28-16)24(31)26-15-17-8-6-10-25-22(17)30-11-4-3-5-12-30/h6-10,13-14H,3-5,11-12,15H2,1-2H3,(H,26,31). The predicted molar refractivity (Wildman–Crippen MR) is 122 cm³/mol. The van der Waals surface area contributed by atoms with Crippen molar-refractivity contribution in [3.05, 3.63) is 59.6 Å². The maximum Gasteiger partial charge on any atom is 0.252 e. The lowest BCUT2D eigenvalue weighted by Gasteiger charge is -2.29. The fraction of sp³-hybridized carbons (Fsp3) is 0.333. The fourth-order valence-electron chi connectivity index (χ4n) is 4.40. The van der Waals surface area contributed by atoms with E-state index in [0.29, 0.717) is 29.2 Å². The zero-order chi connectivity index (χ0) is 22.1. The zero-order valence-electron chi connectivity index (χ0n) is 18.3. The summed E-state index contributed by atoms with van der Waals surface area (Å²) in [5, 5.41) is 8.32. The predicted octanol–water partition coefficient (Wildman–Crippen LogP) is 3.85. The molecule has 0 spiro atoms. The van der Waals surface area contributed by atoms with Crippen LogP contribution in [0.25, 0.3) is 22.5 Å². The summed E-state index contributed by atoms with van der Waals surface area (Å²) in [5.74, 6) is 1.40. The lowest BCUT2D eigenvalue weighted by Crippen LogP contribution is -2.32. The summed E-state index contributed by atoms with van der Waals surface area (Å²) < 4.78 is 7.22. The molecule has 4 aromatic heterocycles. The van der Waals surface area contributed by atoms with Crippen LogP contribution in [0.3, 0.4) is 0 Å². The fourth-order valence-corrected chi connectivity index (χ4v) is 4.40. The summed E-state index contributed by atoms with van der Waals surface area (Å²) in [6.07, 6.45) is 7.02. The Labute approximate surface area is 186 Å². The highest BCUT2D eigenvalue weighted by atomic mass is 16.3. The number of anilines is 1. The monoisotopic (exact) mass is 430 g/mol. The average molecular weight is 431 g/mol. The Morgan fingerprint density at radius 1 is 1.19 bits per heavy atom. The lowest BCUT2D eigenvalue weighted by molar-refractivity contribution is 0.0952. The summed E-state index contributed by atoms with van der Waals surface area (Å²) in [6, 6.07) is 9.36. The molecule has 0 bridgehead atoms. The minimum absolute atomic E-state index is 0.172. The number of nitrogens with zero attached hydrogens (tertiary/aromatic N) is 5. The van der Waals surface area contributed by atoms with Gasteiger partial charge in [0.1, 0.15) is 11.5 Å². The topological polar surface area (TPSA) is 89.1 Å². The van der Waals surface area contributed by atoms with Crippen molar-refractivity contribution in [3.63, 3.8) is 0 Å². The molecule has 1 aliphatic heterocycles. The minimum Gasteiger partial charge on any atom is -0.463 e. The Hall–Kier alpha value is -3.68. The molecule has 8 nitrogen and oxygen atoms in total. The molecule has 4 aromatic rings. The van der Waals surface area contributed by atoms with Crippen molar-refractivity contribution in [2.45, 2.75) is 32.7 Å². The van der Waals surface area contributed by atoms with Crippen LogP contribution < -0.4 is 10.2 Å². The highest BCUT2D eigenvalue weighted by Gasteiger charge is 2.21. The number of amides is 1. The molecule has 0 radical (unpaired) electrons. The SMILES string of the molecule is Cc1nn(C)c2nc(-c3ccco3)cc(C(=O)NCc3cccnc3N3CCCCC3)c12. The van der Waals surface area contributed by atoms with Crippen molar-refractivity contribution in [2.75, 3.05) is 18.0 Å². The van der Waals surface area contributed by atoms with Gasteiger partial charge in [0, 0.05) is 38.4 Å². The lowest BCUT2D eigenvalue weighted by atomic mass is 10.1. The van der Waals surface area contributed by atoms with Gasteiger partial charge in [-0.15, -0.1) is 0 Å². The third-order valence-corrected chi connectivity index (χ3v) is 5.95. The van der Waals surface area contributed by atoms with Crippen LogP contribution in [0.4, 0.5) is 5.82 Å². The van der Waals surface area contributed by atoms with Crippen molar-refractivity contribution < 1.29 is 9.21 Å². The van der Waals surface area contributed by atoms with E-state index >= 15 is 0 Å². The van der Waals surface area contributed by atoms with Crippen LogP contribution in [0.1, 0.15) is 40.9 Å². The first kappa shape index (κ1) is 20.2. The summed E-state index contributed by atoms with van der Waals surface area (Å²) >= 11 is 0. The molecule has 0 saturated carbocycles. The summed E-state index contributed by atoms with van der Waals surface area (Å²) in [5.41, 5.74) is 3.57. The number of piperidine rings is 1. The van der Waals surface area contributed by atoms with Gasteiger partial charge in [-0.2, -0.15) is 5.10 Å². The van der Waals surface area contributed by atoms with Gasteiger partial charge < -0.3 is 14.6 Å². The van der Waals surface area contributed by atoms with Crippen LogP contribution in [0.2, 0.25) is 0 Å².